The standard InChI is InChI=1S/C26H24N2O2/c1-4-17-12-20-21(14-23(17)28-7-9-30-10-8-28)26(2,3)22-13-18-11-16(15-27)5-6-19(18)24(22)25(20)29/h4-6,11-12,14H,1,7-10,13H2,2-3H3. The fourth-order valence-corrected chi connectivity index (χ4v) is 5.14. The van der Waals surface area contributed by atoms with Crippen LogP contribution in [-0.2, 0) is 16.6 Å². The number of hydrogen-bond acceptors (Lipinski definition) is 4. The number of rotatable bonds is 2. The molecule has 1 fully saturated rings. The molecule has 3 aliphatic rings. The molecule has 2 aromatic rings. The number of fused-ring (bicyclic) bond motifs is 3. The molecule has 0 saturated carbocycles. The van der Waals surface area contributed by atoms with Gasteiger partial charge in [0.25, 0.3) is 0 Å². The van der Waals surface area contributed by atoms with E-state index in [9.17, 15) is 10.1 Å². The van der Waals surface area contributed by atoms with E-state index >= 15 is 0 Å². The molecule has 0 bridgehead atoms. The van der Waals surface area contributed by atoms with Gasteiger partial charge in [0.05, 0.1) is 24.8 Å². The van der Waals surface area contributed by atoms with Gasteiger partial charge in [0.2, 0.25) is 0 Å². The molecule has 2 aromatic carbocycles. The van der Waals surface area contributed by atoms with Gasteiger partial charge in [-0.1, -0.05) is 32.6 Å². The topological polar surface area (TPSA) is 53.3 Å². The minimum atomic E-state index is -0.273. The largest absolute Gasteiger partial charge is 0.378 e. The Kier molecular flexibility index (Phi) is 4.20. The van der Waals surface area contributed by atoms with Crippen molar-refractivity contribution < 1.29 is 9.53 Å². The predicted octanol–water partition coefficient (Wildman–Crippen LogP) is 4.52. The van der Waals surface area contributed by atoms with Crippen molar-refractivity contribution in [3.63, 3.8) is 0 Å². The highest BCUT2D eigenvalue weighted by atomic mass is 16.5. The summed E-state index contributed by atoms with van der Waals surface area (Å²) in [7, 11) is 0. The zero-order valence-corrected chi connectivity index (χ0v) is 17.4. The lowest BCUT2D eigenvalue weighted by atomic mass is 9.68. The Labute approximate surface area is 177 Å². The fourth-order valence-electron chi connectivity index (χ4n) is 5.14. The zero-order chi connectivity index (χ0) is 21.0. The van der Waals surface area contributed by atoms with Crippen molar-refractivity contribution in [2.24, 2.45) is 0 Å². The van der Waals surface area contributed by atoms with Crippen LogP contribution in [0, 0.1) is 11.3 Å². The summed E-state index contributed by atoms with van der Waals surface area (Å²) in [5.41, 5.74) is 8.35. The number of anilines is 1. The third-order valence-electron chi connectivity index (χ3n) is 6.81. The van der Waals surface area contributed by atoms with Gasteiger partial charge in [-0.15, -0.1) is 0 Å². The molecule has 150 valence electrons. The van der Waals surface area contributed by atoms with E-state index < -0.39 is 0 Å². The van der Waals surface area contributed by atoms with Gasteiger partial charge in [0.1, 0.15) is 0 Å². The summed E-state index contributed by atoms with van der Waals surface area (Å²) in [6, 6.07) is 12.1. The molecule has 0 spiro atoms. The molecule has 0 N–H and O–H groups in total. The monoisotopic (exact) mass is 396 g/mol. The minimum Gasteiger partial charge on any atom is -0.378 e. The highest BCUT2D eigenvalue weighted by molar-refractivity contribution is 6.33. The quantitative estimate of drug-likeness (QED) is 0.749. The first-order chi connectivity index (χ1) is 14.5. The maximum Gasteiger partial charge on any atom is 0.193 e. The van der Waals surface area contributed by atoms with Crippen molar-refractivity contribution in [3.05, 3.63) is 75.9 Å². The van der Waals surface area contributed by atoms with Crippen molar-refractivity contribution >= 4 is 23.1 Å². The number of ketones is 1. The molecular formula is C26H24N2O2. The van der Waals surface area contributed by atoms with E-state index in [0.717, 1.165) is 57.7 Å². The summed E-state index contributed by atoms with van der Waals surface area (Å²) in [5.74, 6) is 0.0828. The first-order valence-electron chi connectivity index (χ1n) is 10.4. The Morgan fingerprint density at radius 1 is 1.17 bits per heavy atom. The van der Waals surface area contributed by atoms with E-state index in [1.54, 1.807) is 6.07 Å². The SMILES string of the molecule is C=Cc1cc2c(cc1N1CCOCC1)C(C)(C)C1=C(C2=O)c2ccc(C#N)cc2C1. The van der Waals surface area contributed by atoms with Crippen molar-refractivity contribution in [2.45, 2.75) is 25.7 Å². The number of carbonyl (C=O) groups is 1. The Morgan fingerprint density at radius 3 is 2.63 bits per heavy atom. The number of Topliss-reactive ketones (excluding diaryl/α,β-unsaturated/α-hetero) is 1. The fraction of sp³-hybridized carbons (Fsp3) is 0.308. The van der Waals surface area contributed by atoms with Crippen molar-refractivity contribution in [2.75, 3.05) is 31.2 Å². The number of nitrogens with zero attached hydrogens (tertiary/aromatic N) is 2. The van der Waals surface area contributed by atoms with E-state index in [1.165, 1.54) is 0 Å². The summed E-state index contributed by atoms with van der Waals surface area (Å²) in [6.07, 6.45) is 2.56. The van der Waals surface area contributed by atoms with Gasteiger partial charge in [-0.05, 0) is 58.5 Å². The molecule has 4 nitrogen and oxygen atoms in total. The first kappa shape index (κ1) is 18.8. The second-order valence-electron chi connectivity index (χ2n) is 8.73. The Hall–Kier alpha value is -3.16. The third kappa shape index (κ3) is 2.59. The van der Waals surface area contributed by atoms with Gasteiger partial charge >= 0.3 is 0 Å². The van der Waals surface area contributed by atoms with Crippen LogP contribution in [-0.4, -0.2) is 32.1 Å². The number of nitriles is 1. The third-order valence-corrected chi connectivity index (χ3v) is 6.81. The molecule has 4 heteroatoms. The van der Waals surface area contributed by atoms with Crippen LogP contribution < -0.4 is 4.90 Å². The minimum absolute atomic E-state index is 0.0828. The lowest BCUT2D eigenvalue weighted by molar-refractivity contribution is 0.105. The Bertz CT molecular complexity index is 1170. The van der Waals surface area contributed by atoms with Gasteiger partial charge in [-0.25, -0.2) is 0 Å². The molecule has 1 heterocycles. The average Bonchev–Trinajstić information content (AvgIpc) is 3.17. The van der Waals surface area contributed by atoms with Crippen LogP contribution in [0.15, 0.2) is 42.5 Å². The number of hydrogen-bond donors (Lipinski definition) is 0. The second-order valence-corrected chi connectivity index (χ2v) is 8.73. The summed E-state index contributed by atoms with van der Waals surface area (Å²) in [5, 5.41) is 9.28. The molecule has 1 saturated heterocycles. The number of allylic oxidation sites excluding steroid dienone is 2. The summed E-state index contributed by atoms with van der Waals surface area (Å²) < 4.78 is 5.52. The van der Waals surface area contributed by atoms with Crippen LogP contribution in [0.5, 0.6) is 0 Å². The predicted molar refractivity (Wildman–Crippen MR) is 119 cm³/mol. The molecule has 0 aromatic heterocycles. The smallest absolute Gasteiger partial charge is 0.193 e. The van der Waals surface area contributed by atoms with E-state index in [-0.39, 0.29) is 11.2 Å². The Morgan fingerprint density at radius 2 is 1.93 bits per heavy atom. The van der Waals surface area contributed by atoms with E-state index in [0.29, 0.717) is 25.2 Å². The second kappa shape index (κ2) is 6.68. The summed E-state index contributed by atoms with van der Waals surface area (Å²) >= 11 is 0. The zero-order valence-electron chi connectivity index (χ0n) is 17.4. The van der Waals surface area contributed by atoms with Crippen molar-refractivity contribution in [3.8, 4) is 6.07 Å². The van der Waals surface area contributed by atoms with Gasteiger partial charge in [0.15, 0.2) is 5.78 Å². The van der Waals surface area contributed by atoms with Gasteiger partial charge in [-0.3, -0.25) is 4.79 Å². The highest BCUT2D eigenvalue weighted by Gasteiger charge is 2.43. The summed E-state index contributed by atoms with van der Waals surface area (Å²) in [6.45, 7) is 11.5. The lowest BCUT2D eigenvalue weighted by Crippen LogP contribution is -2.37. The molecule has 0 unspecified atom stereocenters. The molecule has 2 aliphatic carbocycles. The van der Waals surface area contributed by atoms with Gasteiger partial charge in [-0.2, -0.15) is 5.26 Å². The molecule has 0 amide bonds. The highest BCUT2D eigenvalue weighted by Crippen LogP contribution is 2.51. The van der Waals surface area contributed by atoms with Gasteiger partial charge in [0, 0.05) is 35.3 Å². The van der Waals surface area contributed by atoms with Crippen molar-refractivity contribution in [1.29, 1.82) is 5.26 Å². The van der Waals surface area contributed by atoms with Crippen LogP contribution in [0.25, 0.3) is 11.6 Å². The van der Waals surface area contributed by atoms with E-state index in [1.807, 2.05) is 24.3 Å². The van der Waals surface area contributed by atoms with Crippen LogP contribution >= 0.6 is 0 Å². The normalized spacial score (nSPS) is 19.1. The van der Waals surface area contributed by atoms with Crippen LogP contribution in [0.3, 0.4) is 0 Å². The molecule has 1 aliphatic heterocycles. The maximum atomic E-state index is 13.7. The van der Waals surface area contributed by atoms with Crippen molar-refractivity contribution in [1.82, 2.24) is 0 Å². The Balaban J connectivity index is 1.67. The molecule has 30 heavy (non-hydrogen) atoms. The first-order valence-corrected chi connectivity index (χ1v) is 10.4. The van der Waals surface area contributed by atoms with Crippen LogP contribution in [0.2, 0.25) is 0 Å². The molecule has 5 rings (SSSR count). The molecule has 0 atom stereocenters. The number of carbonyl (C=O) groups excluding carboxylic acids is 1. The average molecular weight is 396 g/mol. The van der Waals surface area contributed by atoms with Gasteiger partial charge < -0.3 is 9.64 Å². The molecule has 0 radical (unpaired) electrons. The summed E-state index contributed by atoms with van der Waals surface area (Å²) in [4.78, 5) is 16.0. The maximum absolute atomic E-state index is 13.7. The lowest BCUT2D eigenvalue weighted by Gasteiger charge is -2.37. The van der Waals surface area contributed by atoms with Crippen LogP contribution in [0.4, 0.5) is 5.69 Å². The van der Waals surface area contributed by atoms with E-state index in [2.05, 4.69) is 37.5 Å². The molecular weight excluding hydrogens is 372 g/mol. The number of ether oxygens (including phenoxy) is 1. The van der Waals surface area contributed by atoms with E-state index in [4.69, 9.17) is 4.74 Å². The van der Waals surface area contributed by atoms with Crippen LogP contribution in [0.1, 0.15) is 52.0 Å². The number of benzene rings is 2. The number of morpholine rings is 1.